The summed E-state index contributed by atoms with van der Waals surface area (Å²) in [4.78, 5) is 20.6. The van der Waals surface area contributed by atoms with E-state index in [-0.39, 0.29) is 29.6 Å². The maximum atomic E-state index is 13.9. The zero-order valence-electron chi connectivity index (χ0n) is 18.1. The highest BCUT2D eigenvalue weighted by atomic mass is 32.2. The molecular weight excluding hydrogens is 443 g/mol. The molecule has 0 saturated carbocycles. The first kappa shape index (κ1) is 22.6. The van der Waals surface area contributed by atoms with Gasteiger partial charge in [-0.2, -0.15) is 5.26 Å². The number of carbonyl (C=O) groups excluding carboxylic acids is 1. The van der Waals surface area contributed by atoms with Gasteiger partial charge in [-0.15, -0.1) is 0 Å². The number of aryl methyl sites for hydroxylation is 1. The Kier molecular flexibility index (Phi) is 7.10. The second kappa shape index (κ2) is 10.4. The Balaban J connectivity index is 1.62. The van der Waals surface area contributed by atoms with E-state index in [9.17, 15) is 9.18 Å². The maximum Gasteiger partial charge on any atom is 0.258 e. The van der Waals surface area contributed by atoms with Crippen LogP contribution in [0.5, 0.6) is 5.75 Å². The average molecular weight is 467 g/mol. The second-order valence-electron chi connectivity index (χ2n) is 7.54. The van der Waals surface area contributed by atoms with Crippen molar-refractivity contribution in [3.8, 4) is 11.8 Å². The number of amides is 1. The van der Waals surface area contributed by atoms with E-state index >= 15 is 0 Å². The van der Waals surface area contributed by atoms with Crippen molar-refractivity contribution in [3.05, 3.63) is 48.0 Å². The summed E-state index contributed by atoms with van der Waals surface area (Å²) in [5.74, 6) is 2.01. The van der Waals surface area contributed by atoms with E-state index in [1.165, 1.54) is 37.4 Å². The van der Waals surface area contributed by atoms with Crippen LogP contribution >= 0.6 is 0 Å². The number of benzene rings is 2. The molecule has 4 rings (SSSR count). The molecule has 10 heteroatoms. The van der Waals surface area contributed by atoms with E-state index in [0.29, 0.717) is 11.5 Å². The molecule has 2 heterocycles. The van der Waals surface area contributed by atoms with Gasteiger partial charge in [0.1, 0.15) is 30.3 Å². The molecule has 33 heavy (non-hydrogen) atoms. The summed E-state index contributed by atoms with van der Waals surface area (Å²) in [5, 5.41) is 15.0. The Labute approximate surface area is 193 Å². The minimum absolute atomic E-state index is 0.0831. The van der Waals surface area contributed by atoms with Gasteiger partial charge >= 0.3 is 0 Å². The lowest BCUT2D eigenvalue weighted by Crippen LogP contribution is -2.29. The standard InChI is InChI=1S/C23H23FN6O2S/c1-15-10-17(30-33-8-2-3-9-33)12-19-22(15)23(28-14-27-19)29-18-5-4-16(24)11-20(18)32-13-21(31)26-7-6-25/h4-5,10-12,14H,2-3,7-9,13H2,1H3,(H,26,31)(H,27,28,29). The van der Waals surface area contributed by atoms with Crippen LogP contribution in [0.3, 0.4) is 0 Å². The summed E-state index contributed by atoms with van der Waals surface area (Å²) in [6, 6.07) is 9.81. The van der Waals surface area contributed by atoms with Crippen molar-refractivity contribution >= 4 is 44.7 Å². The lowest BCUT2D eigenvalue weighted by atomic mass is 10.1. The highest BCUT2D eigenvalue weighted by Crippen LogP contribution is 2.34. The quantitative estimate of drug-likeness (QED) is 0.508. The van der Waals surface area contributed by atoms with Crippen molar-refractivity contribution in [3.63, 3.8) is 0 Å². The molecule has 1 aliphatic heterocycles. The lowest BCUT2D eigenvalue weighted by Gasteiger charge is -2.15. The van der Waals surface area contributed by atoms with Gasteiger partial charge < -0.3 is 15.4 Å². The molecule has 1 amide bonds. The van der Waals surface area contributed by atoms with E-state index in [2.05, 4.69) is 20.6 Å². The molecule has 3 aromatic rings. The lowest BCUT2D eigenvalue weighted by molar-refractivity contribution is -0.122. The van der Waals surface area contributed by atoms with E-state index in [1.807, 2.05) is 25.1 Å². The number of hydrogen-bond donors (Lipinski definition) is 2. The van der Waals surface area contributed by atoms with Gasteiger partial charge in [0, 0.05) is 23.0 Å². The predicted molar refractivity (Wildman–Crippen MR) is 126 cm³/mol. The van der Waals surface area contributed by atoms with Crippen molar-refractivity contribution in [2.45, 2.75) is 19.8 Å². The first-order chi connectivity index (χ1) is 16.0. The van der Waals surface area contributed by atoms with Crippen molar-refractivity contribution < 1.29 is 13.9 Å². The van der Waals surface area contributed by atoms with E-state index < -0.39 is 11.7 Å². The van der Waals surface area contributed by atoms with Crippen LogP contribution in [0, 0.1) is 24.1 Å². The molecule has 0 radical (unpaired) electrons. The molecule has 0 spiro atoms. The Bertz CT molecular complexity index is 1270. The predicted octanol–water partition coefficient (Wildman–Crippen LogP) is 4.07. The van der Waals surface area contributed by atoms with Gasteiger partial charge in [0.25, 0.3) is 5.91 Å². The number of halogens is 1. The largest absolute Gasteiger partial charge is 0.481 e. The van der Waals surface area contributed by atoms with Gasteiger partial charge in [-0.05, 0) is 49.6 Å². The summed E-state index contributed by atoms with van der Waals surface area (Å²) in [5.41, 5.74) is 3.10. The van der Waals surface area contributed by atoms with Crippen LogP contribution in [0.4, 0.5) is 21.6 Å². The summed E-state index contributed by atoms with van der Waals surface area (Å²) in [6.07, 6.45) is 3.93. The van der Waals surface area contributed by atoms with E-state index in [4.69, 9.17) is 14.4 Å². The SMILES string of the molecule is Cc1cc(N=S2CCCC2)cc2ncnc(Nc3ccc(F)cc3OCC(=O)NCC#N)c12. The van der Waals surface area contributed by atoms with Crippen LogP contribution in [-0.4, -0.2) is 40.5 Å². The van der Waals surface area contributed by atoms with Crippen LogP contribution in [0.1, 0.15) is 18.4 Å². The van der Waals surface area contributed by atoms with E-state index in [1.54, 1.807) is 0 Å². The minimum Gasteiger partial charge on any atom is -0.481 e. The number of nitrogens with zero attached hydrogens (tertiary/aromatic N) is 4. The van der Waals surface area contributed by atoms with Gasteiger partial charge in [0.2, 0.25) is 0 Å². The van der Waals surface area contributed by atoms with Gasteiger partial charge in [-0.25, -0.2) is 18.7 Å². The smallest absolute Gasteiger partial charge is 0.258 e. The third kappa shape index (κ3) is 5.62. The summed E-state index contributed by atoms with van der Waals surface area (Å²) in [6.45, 7) is 1.50. The normalized spacial score (nSPS) is 13.5. The first-order valence-corrected chi connectivity index (χ1v) is 12.0. The number of hydrogen-bond acceptors (Lipinski definition) is 7. The number of nitrogens with one attached hydrogen (secondary N) is 2. The van der Waals surface area contributed by atoms with Gasteiger partial charge in [0.15, 0.2) is 6.61 Å². The molecule has 8 nitrogen and oxygen atoms in total. The third-order valence-corrected chi connectivity index (χ3v) is 7.07. The van der Waals surface area contributed by atoms with Crippen LogP contribution in [0.15, 0.2) is 41.0 Å². The second-order valence-corrected chi connectivity index (χ2v) is 9.46. The highest BCUT2D eigenvalue weighted by molar-refractivity contribution is 7.87. The van der Waals surface area contributed by atoms with Crippen LogP contribution < -0.4 is 15.4 Å². The number of ether oxygens (including phenoxy) is 1. The number of fused-ring (bicyclic) bond motifs is 1. The number of carbonyl (C=O) groups is 1. The fourth-order valence-electron chi connectivity index (χ4n) is 3.58. The first-order valence-electron chi connectivity index (χ1n) is 10.5. The Morgan fingerprint density at radius 3 is 2.88 bits per heavy atom. The van der Waals surface area contributed by atoms with Gasteiger partial charge in [0.05, 0.1) is 23.0 Å². The topological polar surface area (TPSA) is 112 Å². The van der Waals surface area contributed by atoms with Crippen LogP contribution in [0.2, 0.25) is 0 Å². The third-order valence-electron chi connectivity index (χ3n) is 5.08. The molecule has 0 unspecified atom stereocenters. The zero-order chi connectivity index (χ0) is 23.2. The van der Waals surface area contributed by atoms with Crippen molar-refractivity contribution in [1.82, 2.24) is 15.3 Å². The fourth-order valence-corrected chi connectivity index (χ4v) is 5.44. The van der Waals surface area contributed by atoms with Crippen molar-refractivity contribution in [1.29, 1.82) is 5.26 Å². The molecule has 1 aromatic heterocycles. The number of nitriles is 1. The molecule has 1 saturated heterocycles. The minimum atomic E-state index is -0.504. The molecule has 1 aliphatic rings. The Morgan fingerprint density at radius 1 is 1.27 bits per heavy atom. The molecule has 0 bridgehead atoms. The number of aromatic nitrogens is 2. The molecule has 2 aromatic carbocycles. The summed E-state index contributed by atoms with van der Waals surface area (Å²) in [7, 11) is 0.0831. The molecule has 0 atom stereocenters. The monoisotopic (exact) mass is 466 g/mol. The molecule has 2 N–H and O–H groups in total. The average Bonchev–Trinajstić information content (AvgIpc) is 3.30. The summed E-state index contributed by atoms with van der Waals surface area (Å²) >= 11 is 0. The molecule has 0 aliphatic carbocycles. The van der Waals surface area contributed by atoms with Crippen LogP contribution in [0.25, 0.3) is 10.9 Å². The zero-order valence-corrected chi connectivity index (χ0v) is 18.9. The van der Waals surface area contributed by atoms with Crippen molar-refractivity contribution in [2.24, 2.45) is 4.36 Å². The number of rotatable bonds is 7. The molecule has 170 valence electrons. The van der Waals surface area contributed by atoms with E-state index in [0.717, 1.165) is 33.7 Å². The maximum absolute atomic E-state index is 13.9. The van der Waals surface area contributed by atoms with Crippen molar-refractivity contribution in [2.75, 3.05) is 30.0 Å². The Morgan fingerprint density at radius 2 is 2.09 bits per heavy atom. The fraction of sp³-hybridized carbons (Fsp3) is 0.304. The summed E-state index contributed by atoms with van der Waals surface area (Å²) < 4.78 is 24.3. The Hall–Kier alpha value is -3.58. The van der Waals surface area contributed by atoms with Gasteiger partial charge in [-0.3, -0.25) is 4.79 Å². The molecule has 1 fully saturated rings. The number of anilines is 2. The van der Waals surface area contributed by atoms with Crippen LogP contribution in [-0.2, 0) is 15.5 Å². The highest BCUT2D eigenvalue weighted by Gasteiger charge is 2.14. The van der Waals surface area contributed by atoms with Gasteiger partial charge in [-0.1, -0.05) is 10.7 Å². The molecular formula is C23H23FN6O2S.